The Morgan fingerprint density at radius 1 is 1.17 bits per heavy atom. The molecule has 4 N–H and O–H groups in total. The zero-order valence-electron chi connectivity index (χ0n) is 14.2. The van der Waals surface area contributed by atoms with Crippen molar-refractivity contribution in [2.24, 2.45) is 16.5 Å². The average molecular weight is 328 g/mol. The topological polar surface area (TPSA) is 93.9 Å². The highest BCUT2D eigenvalue weighted by Gasteiger charge is 2.10. The van der Waals surface area contributed by atoms with Gasteiger partial charge in [-0.2, -0.15) is 4.99 Å². The maximum Gasteiger partial charge on any atom is 0.280 e. The maximum atomic E-state index is 12.1. The molecule has 0 aliphatic heterocycles. The molecule has 0 unspecified atom stereocenters. The van der Waals surface area contributed by atoms with E-state index in [2.05, 4.69) is 23.7 Å². The Labute approximate surface area is 142 Å². The van der Waals surface area contributed by atoms with Crippen LogP contribution in [0.3, 0.4) is 0 Å². The zero-order chi connectivity index (χ0) is 17.5. The molecular formula is C18H24N4O2. The first-order chi connectivity index (χ1) is 11.5. The smallest absolute Gasteiger partial charge is 0.280 e. The lowest BCUT2D eigenvalue weighted by molar-refractivity contribution is 0.100. The Morgan fingerprint density at radius 3 is 2.58 bits per heavy atom. The molecule has 0 radical (unpaired) electrons. The van der Waals surface area contributed by atoms with Gasteiger partial charge in [-0.15, -0.1) is 0 Å². The first kappa shape index (κ1) is 17.7. The van der Waals surface area contributed by atoms with Crippen LogP contribution in [0.25, 0.3) is 10.8 Å². The van der Waals surface area contributed by atoms with E-state index in [1.54, 1.807) is 12.1 Å². The lowest BCUT2D eigenvalue weighted by Gasteiger charge is -2.18. The minimum Gasteiger partial charge on any atom is -0.492 e. The molecule has 0 heterocycles. The van der Waals surface area contributed by atoms with Gasteiger partial charge in [-0.1, -0.05) is 26.0 Å². The maximum absolute atomic E-state index is 12.1. The number of benzene rings is 2. The number of nitrogens with two attached hydrogens (primary N) is 2. The Balaban J connectivity index is 2.17. The van der Waals surface area contributed by atoms with Crippen LogP contribution in [0.2, 0.25) is 0 Å². The highest BCUT2D eigenvalue weighted by molar-refractivity contribution is 6.10. The molecule has 6 heteroatoms. The second kappa shape index (κ2) is 8.31. The summed E-state index contributed by atoms with van der Waals surface area (Å²) < 4.78 is 5.82. The number of ether oxygens (including phenoxy) is 1. The summed E-state index contributed by atoms with van der Waals surface area (Å²) in [7, 11) is 0. The van der Waals surface area contributed by atoms with Crippen molar-refractivity contribution in [2.45, 2.75) is 13.8 Å². The number of hydrogen-bond donors (Lipinski definition) is 2. The lowest BCUT2D eigenvalue weighted by Crippen LogP contribution is -2.27. The Hall–Kier alpha value is -2.60. The van der Waals surface area contributed by atoms with Crippen molar-refractivity contribution in [3.8, 4) is 5.75 Å². The van der Waals surface area contributed by atoms with Crippen LogP contribution in [-0.4, -0.2) is 43.0 Å². The van der Waals surface area contributed by atoms with Gasteiger partial charge in [-0.05, 0) is 48.1 Å². The van der Waals surface area contributed by atoms with E-state index < -0.39 is 5.91 Å². The summed E-state index contributed by atoms with van der Waals surface area (Å²) in [5.74, 6) is 0.0882. The molecule has 24 heavy (non-hydrogen) atoms. The summed E-state index contributed by atoms with van der Waals surface area (Å²) in [6.45, 7) is 7.79. The van der Waals surface area contributed by atoms with E-state index in [1.807, 2.05) is 24.3 Å². The molecule has 0 saturated carbocycles. The molecule has 0 aromatic heterocycles. The third kappa shape index (κ3) is 4.45. The van der Waals surface area contributed by atoms with Crippen molar-refractivity contribution in [3.05, 3.63) is 42.0 Å². The second-order valence-corrected chi connectivity index (χ2v) is 5.41. The molecule has 0 atom stereocenters. The predicted octanol–water partition coefficient (Wildman–Crippen LogP) is 1.97. The largest absolute Gasteiger partial charge is 0.492 e. The number of aliphatic imine (C=N–C) groups is 1. The first-order valence-electron chi connectivity index (χ1n) is 8.07. The third-order valence-electron chi connectivity index (χ3n) is 3.88. The van der Waals surface area contributed by atoms with Gasteiger partial charge in [0, 0.05) is 12.1 Å². The molecule has 0 saturated heterocycles. The fourth-order valence-electron chi connectivity index (χ4n) is 2.55. The summed E-state index contributed by atoms with van der Waals surface area (Å²) in [6, 6.07) is 11.1. The highest BCUT2D eigenvalue weighted by atomic mass is 16.5. The lowest BCUT2D eigenvalue weighted by atomic mass is 10.0. The quantitative estimate of drug-likeness (QED) is 0.599. The highest BCUT2D eigenvalue weighted by Crippen LogP contribution is 2.24. The van der Waals surface area contributed by atoms with Gasteiger partial charge in [0.2, 0.25) is 0 Å². The van der Waals surface area contributed by atoms with Crippen molar-refractivity contribution >= 4 is 22.6 Å². The monoisotopic (exact) mass is 328 g/mol. The second-order valence-electron chi connectivity index (χ2n) is 5.41. The summed E-state index contributed by atoms with van der Waals surface area (Å²) in [4.78, 5) is 18.0. The zero-order valence-corrected chi connectivity index (χ0v) is 14.2. The average Bonchev–Trinajstić information content (AvgIpc) is 2.57. The van der Waals surface area contributed by atoms with Crippen molar-refractivity contribution in [1.29, 1.82) is 0 Å². The van der Waals surface area contributed by atoms with Gasteiger partial charge in [-0.3, -0.25) is 4.79 Å². The van der Waals surface area contributed by atoms with Gasteiger partial charge in [0.15, 0.2) is 5.96 Å². The molecule has 1 amide bonds. The summed E-state index contributed by atoms with van der Waals surface area (Å²) >= 11 is 0. The van der Waals surface area contributed by atoms with Crippen LogP contribution in [0.15, 0.2) is 41.4 Å². The van der Waals surface area contributed by atoms with Crippen molar-refractivity contribution in [1.82, 2.24) is 4.90 Å². The molecule has 0 fully saturated rings. The minimum atomic E-state index is -0.448. The Kier molecular flexibility index (Phi) is 6.14. The van der Waals surface area contributed by atoms with Crippen molar-refractivity contribution in [2.75, 3.05) is 26.2 Å². The number of carbonyl (C=O) groups is 1. The van der Waals surface area contributed by atoms with Crippen LogP contribution in [0, 0.1) is 0 Å². The van der Waals surface area contributed by atoms with Crippen molar-refractivity contribution < 1.29 is 9.53 Å². The molecule has 2 aromatic rings. The number of guanidine groups is 1. The van der Waals surface area contributed by atoms with Crippen LogP contribution in [0.4, 0.5) is 0 Å². The number of nitrogens with zero attached hydrogens (tertiary/aromatic N) is 2. The van der Waals surface area contributed by atoms with Gasteiger partial charge in [0.05, 0.1) is 0 Å². The summed E-state index contributed by atoms with van der Waals surface area (Å²) in [6.07, 6.45) is 0. The summed E-state index contributed by atoms with van der Waals surface area (Å²) in [5, 5.41) is 1.70. The Morgan fingerprint density at radius 2 is 1.92 bits per heavy atom. The SMILES string of the molecule is CCN(CC)CCOc1ccc2c(C(=O)N=C(N)N)cccc2c1. The van der Waals surface area contributed by atoms with Crippen LogP contribution in [-0.2, 0) is 0 Å². The van der Waals surface area contributed by atoms with Gasteiger partial charge in [-0.25, -0.2) is 0 Å². The molecule has 0 aliphatic carbocycles. The van der Waals surface area contributed by atoms with Crippen LogP contribution in [0.1, 0.15) is 24.2 Å². The van der Waals surface area contributed by atoms with Gasteiger partial charge >= 0.3 is 0 Å². The van der Waals surface area contributed by atoms with Gasteiger partial charge < -0.3 is 21.1 Å². The molecule has 0 spiro atoms. The van der Waals surface area contributed by atoms with E-state index in [4.69, 9.17) is 16.2 Å². The number of amides is 1. The van der Waals surface area contributed by atoms with Crippen LogP contribution in [0.5, 0.6) is 5.75 Å². The normalized spacial score (nSPS) is 10.8. The van der Waals surface area contributed by atoms with E-state index in [-0.39, 0.29) is 5.96 Å². The van der Waals surface area contributed by atoms with Crippen LogP contribution >= 0.6 is 0 Å². The molecule has 2 aromatic carbocycles. The van der Waals surface area contributed by atoms with Crippen molar-refractivity contribution in [3.63, 3.8) is 0 Å². The van der Waals surface area contributed by atoms with E-state index in [0.717, 1.165) is 36.2 Å². The molecular weight excluding hydrogens is 304 g/mol. The first-order valence-corrected chi connectivity index (χ1v) is 8.07. The standard InChI is InChI=1S/C18H24N4O2/c1-3-22(4-2)10-11-24-14-8-9-15-13(12-14)6-5-7-16(15)17(23)21-18(19)20/h5-9,12H,3-4,10-11H2,1-2H3,(H4,19,20,21,23). The number of hydrogen-bond acceptors (Lipinski definition) is 3. The third-order valence-corrected chi connectivity index (χ3v) is 3.88. The van der Waals surface area contributed by atoms with Gasteiger partial charge in [0.1, 0.15) is 12.4 Å². The molecule has 128 valence electrons. The fourth-order valence-corrected chi connectivity index (χ4v) is 2.55. The number of likely N-dealkylation sites (N-methyl/N-ethyl adjacent to an activating group) is 1. The number of carbonyl (C=O) groups excluding carboxylic acids is 1. The fraction of sp³-hybridized carbons (Fsp3) is 0.333. The molecule has 2 rings (SSSR count). The Bertz CT molecular complexity index is 735. The van der Waals surface area contributed by atoms with E-state index in [0.29, 0.717) is 12.2 Å². The minimum absolute atomic E-state index is 0.242. The number of rotatable bonds is 7. The summed E-state index contributed by atoms with van der Waals surface area (Å²) in [5.41, 5.74) is 11.0. The number of fused-ring (bicyclic) bond motifs is 1. The van der Waals surface area contributed by atoms with E-state index in [1.165, 1.54) is 0 Å². The molecule has 0 aliphatic rings. The van der Waals surface area contributed by atoms with Gasteiger partial charge in [0.25, 0.3) is 5.91 Å². The van der Waals surface area contributed by atoms with E-state index >= 15 is 0 Å². The predicted molar refractivity (Wildman–Crippen MR) is 97.4 cm³/mol. The molecule has 6 nitrogen and oxygen atoms in total. The molecule has 0 bridgehead atoms. The van der Waals surface area contributed by atoms with E-state index in [9.17, 15) is 4.79 Å². The van der Waals surface area contributed by atoms with Crippen LogP contribution < -0.4 is 16.2 Å².